The molecule has 2 heterocycles. The van der Waals surface area contributed by atoms with Gasteiger partial charge in [-0.2, -0.15) is 0 Å². The topological polar surface area (TPSA) is 70.2 Å². The van der Waals surface area contributed by atoms with E-state index in [1.54, 1.807) is 24.3 Å². The summed E-state index contributed by atoms with van der Waals surface area (Å²) in [5, 5.41) is 0. The molecular weight excluding hydrogens is 414 g/mol. The second-order valence-electron chi connectivity index (χ2n) is 7.88. The highest BCUT2D eigenvalue weighted by atomic mass is 32.2. The molecule has 0 bridgehead atoms. The Morgan fingerprint density at radius 1 is 0.968 bits per heavy atom. The van der Waals surface area contributed by atoms with Crippen LogP contribution in [0.15, 0.2) is 53.4 Å². The number of sulfonamides is 1. The quantitative estimate of drug-likeness (QED) is 0.686. The molecule has 0 spiro atoms. The van der Waals surface area contributed by atoms with Crippen molar-refractivity contribution in [3.05, 3.63) is 54.1 Å². The van der Waals surface area contributed by atoms with E-state index in [1.165, 1.54) is 4.31 Å². The summed E-state index contributed by atoms with van der Waals surface area (Å²) < 4.78 is 33.5. The lowest BCUT2D eigenvalue weighted by Gasteiger charge is -2.33. The molecule has 7 nitrogen and oxygen atoms in total. The number of anilines is 1. The molecule has 0 unspecified atom stereocenters. The average molecular weight is 444 g/mol. The third-order valence-corrected chi connectivity index (χ3v) is 7.84. The molecule has 4 rings (SSSR count). The number of rotatable bonds is 6. The number of carbonyl (C=O) groups excluding carboxylic acids is 1. The van der Waals surface area contributed by atoms with Crippen molar-refractivity contribution in [3.8, 4) is 5.75 Å². The van der Waals surface area contributed by atoms with Crippen LogP contribution in [0.3, 0.4) is 0 Å². The molecule has 1 amide bonds. The highest BCUT2D eigenvalue weighted by molar-refractivity contribution is 7.92. The minimum atomic E-state index is -3.65. The lowest BCUT2D eigenvalue weighted by molar-refractivity contribution is -0.135. The van der Waals surface area contributed by atoms with Gasteiger partial charge in [0, 0.05) is 32.7 Å². The van der Waals surface area contributed by atoms with Crippen LogP contribution in [-0.2, 0) is 21.2 Å². The lowest BCUT2D eigenvalue weighted by Crippen LogP contribution is -2.49. The number of para-hydroxylation sites is 1. The number of amides is 1. The zero-order valence-electron chi connectivity index (χ0n) is 17.9. The Kier molecular flexibility index (Phi) is 6.48. The van der Waals surface area contributed by atoms with E-state index in [0.29, 0.717) is 25.4 Å². The summed E-state index contributed by atoms with van der Waals surface area (Å²) in [5.41, 5.74) is 1.80. The first-order chi connectivity index (χ1) is 15.0. The Balaban J connectivity index is 1.39. The van der Waals surface area contributed by atoms with Gasteiger partial charge in [-0.05, 0) is 55.3 Å². The molecule has 0 aliphatic carbocycles. The number of nitrogens with zero attached hydrogens (tertiary/aromatic N) is 3. The highest BCUT2D eigenvalue weighted by Gasteiger charge is 2.29. The number of fused-ring (bicyclic) bond motifs is 1. The van der Waals surface area contributed by atoms with Crippen molar-refractivity contribution >= 4 is 21.6 Å². The molecule has 31 heavy (non-hydrogen) atoms. The maximum atomic E-state index is 13.2. The van der Waals surface area contributed by atoms with Gasteiger partial charge in [0.1, 0.15) is 5.75 Å². The van der Waals surface area contributed by atoms with E-state index >= 15 is 0 Å². The van der Waals surface area contributed by atoms with E-state index in [-0.39, 0.29) is 17.4 Å². The fourth-order valence-electron chi connectivity index (χ4n) is 4.13. The van der Waals surface area contributed by atoms with E-state index in [0.717, 1.165) is 43.7 Å². The zero-order chi connectivity index (χ0) is 21.8. The summed E-state index contributed by atoms with van der Waals surface area (Å²) in [6.45, 7) is 6.73. The Hall–Kier alpha value is -2.58. The van der Waals surface area contributed by atoms with E-state index in [9.17, 15) is 13.2 Å². The van der Waals surface area contributed by atoms with Gasteiger partial charge in [0.2, 0.25) is 0 Å². The summed E-state index contributed by atoms with van der Waals surface area (Å²) in [4.78, 5) is 16.7. The molecule has 0 N–H and O–H groups in total. The van der Waals surface area contributed by atoms with Crippen molar-refractivity contribution in [2.24, 2.45) is 0 Å². The smallest absolute Gasteiger partial charge is 0.264 e. The largest absolute Gasteiger partial charge is 0.484 e. The van der Waals surface area contributed by atoms with Gasteiger partial charge in [-0.15, -0.1) is 0 Å². The normalized spacial score (nSPS) is 17.3. The minimum absolute atomic E-state index is 0.0439. The fraction of sp³-hybridized carbons (Fsp3) is 0.435. The third kappa shape index (κ3) is 4.70. The van der Waals surface area contributed by atoms with E-state index < -0.39 is 10.0 Å². The van der Waals surface area contributed by atoms with E-state index in [2.05, 4.69) is 11.8 Å². The van der Waals surface area contributed by atoms with Crippen molar-refractivity contribution < 1.29 is 17.9 Å². The van der Waals surface area contributed by atoms with Crippen LogP contribution < -0.4 is 9.04 Å². The van der Waals surface area contributed by atoms with Crippen molar-refractivity contribution in [1.29, 1.82) is 0 Å². The number of piperazine rings is 1. The van der Waals surface area contributed by atoms with Crippen molar-refractivity contribution in [3.63, 3.8) is 0 Å². The van der Waals surface area contributed by atoms with Crippen molar-refractivity contribution in [2.75, 3.05) is 50.2 Å². The first-order valence-electron chi connectivity index (χ1n) is 10.8. The number of aryl methyl sites for hydroxylation is 1. The van der Waals surface area contributed by atoms with Gasteiger partial charge in [0.05, 0.1) is 10.6 Å². The van der Waals surface area contributed by atoms with Gasteiger partial charge >= 0.3 is 0 Å². The van der Waals surface area contributed by atoms with Crippen LogP contribution in [0.5, 0.6) is 5.75 Å². The van der Waals surface area contributed by atoms with Gasteiger partial charge in [0.25, 0.3) is 15.9 Å². The number of ether oxygens (including phenoxy) is 1. The van der Waals surface area contributed by atoms with Crippen LogP contribution in [0, 0.1) is 0 Å². The predicted octanol–water partition coefficient (Wildman–Crippen LogP) is 2.37. The summed E-state index contributed by atoms with van der Waals surface area (Å²) >= 11 is 0. The second-order valence-corrected chi connectivity index (χ2v) is 9.75. The maximum Gasteiger partial charge on any atom is 0.264 e. The molecule has 0 radical (unpaired) electrons. The summed E-state index contributed by atoms with van der Waals surface area (Å²) in [6.07, 6.45) is 1.68. The molecular formula is C23H29N3O4S. The van der Waals surface area contributed by atoms with Gasteiger partial charge in [0.15, 0.2) is 6.61 Å². The van der Waals surface area contributed by atoms with Crippen LogP contribution in [-0.4, -0.2) is 70.0 Å². The lowest BCUT2D eigenvalue weighted by atomic mass is 10.0. The molecule has 0 atom stereocenters. The summed E-state index contributed by atoms with van der Waals surface area (Å²) in [7, 11) is -3.65. The third-order valence-electron chi connectivity index (χ3n) is 6.01. The summed E-state index contributed by atoms with van der Waals surface area (Å²) in [6, 6.07) is 14.0. The number of carbonyl (C=O) groups is 1. The standard InChI is InChI=1S/C23H29N3O4S/c1-2-24-14-16-25(17-15-24)23(27)18-30-20-9-11-21(12-10-20)31(28,29)26-13-5-7-19-6-3-4-8-22(19)26/h3-4,6,8-12H,2,5,7,13-18H2,1H3. The molecule has 2 aliphatic rings. The molecule has 166 valence electrons. The van der Waals surface area contributed by atoms with Gasteiger partial charge < -0.3 is 14.5 Å². The number of hydrogen-bond acceptors (Lipinski definition) is 5. The first-order valence-corrected chi connectivity index (χ1v) is 12.3. The Bertz CT molecular complexity index is 1020. The Morgan fingerprint density at radius 2 is 1.68 bits per heavy atom. The monoisotopic (exact) mass is 443 g/mol. The SMILES string of the molecule is CCN1CCN(C(=O)COc2ccc(S(=O)(=O)N3CCCc4ccccc43)cc2)CC1. The molecule has 8 heteroatoms. The Labute approximate surface area is 184 Å². The summed E-state index contributed by atoms with van der Waals surface area (Å²) in [5.74, 6) is 0.441. The molecule has 2 aliphatic heterocycles. The van der Waals surface area contributed by atoms with Gasteiger partial charge in [-0.3, -0.25) is 9.10 Å². The number of likely N-dealkylation sites (N-methyl/N-ethyl adjacent to an activating group) is 1. The predicted molar refractivity (Wildman–Crippen MR) is 120 cm³/mol. The van der Waals surface area contributed by atoms with Gasteiger partial charge in [-0.1, -0.05) is 25.1 Å². The van der Waals surface area contributed by atoms with Crippen LogP contribution in [0.25, 0.3) is 0 Å². The first kappa shape index (κ1) is 21.6. The molecule has 0 saturated carbocycles. The van der Waals surface area contributed by atoms with Gasteiger partial charge in [-0.25, -0.2) is 8.42 Å². The molecule has 2 aromatic carbocycles. The minimum Gasteiger partial charge on any atom is -0.484 e. The van der Waals surface area contributed by atoms with Crippen molar-refractivity contribution in [1.82, 2.24) is 9.80 Å². The average Bonchev–Trinajstić information content (AvgIpc) is 2.82. The number of benzene rings is 2. The van der Waals surface area contributed by atoms with Crippen LogP contribution in [0.4, 0.5) is 5.69 Å². The number of hydrogen-bond donors (Lipinski definition) is 0. The van der Waals surface area contributed by atoms with E-state index in [4.69, 9.17) is 4.74 Å². The van der Waals surface area contributed by atoms with Crippen LogP contribution in [0.2, 0.25) is 0 Å². The van der Waals surface area contributed by atoms with Crippen molar-refractivity contribution in [2.45, 2.75) is 24.7 Å². The highest BCUT2D eigenvalue weighted by Crippen LogP contribution is 2.32. The molecule has 1 fully saturated rings. The maximum absolute atomic E-state index is 13.2. The van der Waals surface area contributed by atoms with E-state index in [1.807, 2.05) is 29.2 Å². The molecule has 0 aromatic heterocycles. The molecule has 1 saturated heterocycles. The fourth-order valence-corrected chi connectivity index (χ4v) is 5.67. The molecule has 2 aromatic rings. The zero-order valence-corrected chi connectivity index (χ0v) is 18.7. The second kappa shape index (κ2) is 9.28. The Morgan fingerprint density at radius 3 is 2.39 bits per heavy atom. The van der Waals surface area contributed by atoms with Crippen LogP contribution in [0.1, 0.15) is 18.9 Å². The van der Waals surface area contributed by atoms with Crippen LogP contribution >= 0.6 is 0 Å².